The number of hydrogen-bond donors (Lipinski definition) is 0. The molecular weight excluding hydrogens is 689 g/mol. The van der Waals surface area contributed by atoms with Crippen LogP contribution >= 0.6 is 0 Å². The number of benzene rings is 1. The molecule has 2 saturated heterocycles. The van der Waals surface area contributed by atoms with Gasteiger partial charge in [0.25, 0.3) is 0 Å². The first-order chi connectivity index (χ1) is 27.4. The average Bonchev–Trinajstić information content (AvgIpc) is 4.07. The van der Waals surface area contributed by atoms with Gasteiger partial charge in [-0.1, -0.05) is 0 Å². The van der Waals surface area contributed by atoms with E-state index in [0.29, 0.717) is 24.0 Å². The second-order valence-corrected chi connectivity index (χ2v) is 25.5. The summed E-state index contributed by atoms with van der Waals surface area (Å²) in [4.78, 5) is 0. The van der Waals surface area contributed by atoms with Crippen molar-refractivity contribution >= 4 is 0 Å². The van der Waals surface area contributed by atoms with Crippen LogP contribution in [0.15, 0.2) is 0 Å². The predicted molar refractivity (Wildman–Crippen MR) is 216 cm³/mol. The van der Waals surface area contributed by atoms with Crippen LogP contribution in [0.2, 0.25) is 0 Å². The molecule has 0 aromatic heterocycles. The van der Waals surface area contributed by atoms with Crippen molar-refractivity contribution in [1.82, 2.24) is 0 Å². The van der Waals surface area contributed by atoms with Gasteiger partial charge in [-0.15, -0.1) is 0 Å². The summed E-state index contributed by atoms with van der Waals surface area (Å²) in [6, 6.07) is 0. The summed E-state index contributed by atoms with van der Waals surface area (Å²) in [5.74, 6) is 13.8. The van der Waals surface area contributed by atoms with Crippen molar-refractivity contribution in [2.24, 2.45) is 71.0 Å². The molecule has 16 bridgehead atoms. The maximum atomic E-state index is 7.73. The van der Waals surface area contributed by atoms with Gasteiger partial charge in [0.1, 0.15) is 25.4 Å². The fraction of sp³-hybridized carbons (Fsp3) is 0.885. The van der Waals surface area contributed by atoms with E-state index in [0.717, 1.165) is 84.2 Å². The van der Waals surface area contributed by atoms with E-state index in [1.54, 1.807) is 0 Å². The molecule has 18 fully saturated rings. The van der Waals surface area contributed by atoms with Crippen LogP contribution in [0.4, 0.5) is 0 Å². The van der Waals surface area contributed by atoms with Gasteiger partial charge in [-0.2, -0.15) is 0 Å². The Morgan fingerprint density at radius 1 is 0.321 bits per heavy atom. The standard InChI is InChI=1S/C52H70O4/c1-29-2-31-3-30(1)14-49(13-29,15-31)43-44(50-16-32-4-33(17-50)6-34(5-32)18-50)46(52-22-38-10-39(23-52)12-40(11-38)24-52)48(56-28-42-26-54-42)47(55-27-41-25-53-41)45(43)51-19-35-7-36(20-51)9-37(8-35)21-51/h29-42H,1-28H2. The van der Waals surface area contributed by atoms with Gasteiger partial charge < -0.3 is 18.9 Å². The van der Waals surface area contributed by atoms with Gasteiger partial charge in [0.05, 0.1) is 13.2 Å². The molecule has 16 saturated carbocycles. The van der Waals surface area contributed by atoms with Gasteiger partial charge in [-0.25, -0.2) is 0 Å². The quantitative estimate of drug-likeness (QED) is 0.223. The highest BCUT2D eigenvalue weighted by molar-refractivity contribution is 5.70. The monoisotopic (exact) mass is 759 g/mol. The van der Waals surface area contributed by atoms with Crippen molar-refractivity contribution in [2.75, 3.05) is 26.4 Å². The van der Waals surface area contributed by atoms with Crippen molar-refractivity contribution in [1.29, 1.82) is 0 Å². The lowest BCUT2D eigenvalue weighted by Crippen LogP contribution is -2.57. The lowest BCUT2D eigenvalue weighted by atomic mass is 9.39. The molecule has 0 N–H and O–H groups in total. The number of epoxide rings is 2. The summed E-state index contributed by atoms with van der Waals surface area (Å²) >= 11 is 0. The Morgan fingerprint density at radius 3 is 0.714 bits per heavy atom. The summed E-state index contributed by atoms with van der Waals surface area (Å²) < 4.78 is 27.5. The summed E-state index contributed by atoms with van der Waals surface area (Å²) in [6.45, 7) is 3.17. The zero-order valence-electron chi connectivity index (χ0n) is 34.5. The Morgan fingerprint density at radius 2 is 0.518 bits per heavy atom. The zero-order chi connectivity index (χ0) is 36.2. The minimum atomic E-state index is 0.257. The highest BCUT2D eigenvalue weighted by Crippen LogP contribution is 2.74. The lowest BCUT2D eigenvalue weighted by molar-refractivity contribution is -0.0304. The minimum absolute atomic E-state index is 0.257. The molecule has 4 heteroatoms. The van der Waals surface area contributed by atoms with E-state index in [1.807, 2.05) is 22.3 Å². The molecule has 302 valence electrons. The van der Waals surface area contributed by atoms with E-state index in [4.69, 9.17) is 18.9 Å². The van der Waals surface area contributed by atoms with E-state index in [-0.39, 0.29) is 23.0 Å². The van der Waals surface area contributed by atoms with Crippen LogP contribution < -0.4 is 9.47 Å². The summed E-state index contributed by atoms with van der Waals surface area (Å²) in [7, 11) is 0. The largest absolute Gasteiger partial charge is 0.487 e. The molecule has 56 heavy (non-hydrogen) atoms. The first kappa shape index (κ1) is 33.5. The molecular formula is C52H70O4. The van der Waals surface area contributed by atoms with Gasteiger partial charge in [-0.05, 0) is 247 Å². The first-order valence-electron chi connectivity index (χ1n) is 25.1. The number of ether oxygens (including phenoxy) is 4. The Bertz CT molecular complexity index is 1560. The normalized spacial score (nSPS) is 55.4. The maximum absolute atomic E-state index is 7.73. The molecule has 0 amide bonds. The molecule has 2 unspecified atom stereocenters. The third-order valence-corrected chi connectivity index (χ3v) is 21.3. The number of rotatable bonds is 10. The molecule has 2 aliphatic heterocycles. The van der Waals surface area contributed by atoms with E-state index >= 15 is 0 Å². The molecule has 4 nitrogen and oxygen atoms in total. The van der Waals surface area contributed by atoms with Crippen molar-refractivity contribution < 1.29 is 18.9 Å². The minimum Gasteiger partial charge on any atom is -0.487 e. The number of hydrogen-bond acceptors (Lipinski definition) is 4. The molecule has 2 atom stereocenters. The van der Waals surface area contributed by atoms with Crippen LogP contribution in [0.25, 0.3) is 0 Å². The first-order valence-corrected chi connectivity index (χ1v) is 25.1. The van der Waals surface area contributed by atoms with Crippen molar-refractivity contribution in [3.05, 3.63) is 22.3 Å². The van der Waals surface area contributed by atoms with Gasteiger partial charge in [-0.3, -0.25) is 0 Å². The fourth-order valence-electron chi connectivity index (χ4n) is 21.4. The van der Waals surface area contributed by atoms with Crippen LogP contribution in [0.5, 0.6) is 11.5 Å². The van der Waals surface area contributed by atoms with Gasteiger partial charge in [0.2, 0.25) is 0 Å². The fourth-order valence-corrected chi connectivity index (χ4v) is 21.4. The topological polar surface area (TPSA) is 43.5 Å². The second kappa shape index (κ2) is 11.4. The molecule has 1 aromatic rings. The van der Waals surface area contributed by atoms with E-state index in [9.17, 15) is 0 Å². The van der Waals surface area contributed by atoms with Crippen LogP contribution in [0, 0.1) is 71.0 Å². The lowest BCUT2D eigenvalue weighted by Gasteiger charge is -2.65. The van der Waals surface area contributed by atoms with Gasteiger partial charge in [0.15, 0.2) is 11.5 Å². The van der Waals surface area contributed by atoms with E-state index in [1.165, 1.54) is 166 Å². The van der Waals surface area contributed by atoms with Gasteiger partial charge in [0, 0.05) is 22.0 Å². The predicted octanol–water partition coefficient (Wildman–Crippen LogP) is 11.1. The van der Waals surface area contributed by atoms with Crippen molar-refractivity contribution in [3.8, 4) is 11.5 Å². The van der Waals surface area contributed by atoms with Crippen molar-refractivity contribution in [2.45, 2.75) is 188 Å². The Kier molecular flexibility index (Phi) is 6.78. The molecule has 0 radical (unpaired) electrons. The third kappa shape index (κ3) is 4.84. The SMILES string of the molecule is C1C2CC3CC1CC(c1c(OCC4CO4)c(OCC4CO4)c(C45CC6CC(CC(C6)C4)C5)c(C45CC6CC(CC(C6)C4)C5)c1C14CC5CC(CC(C5)C1)C4)(C2)C3. The van der Waals surface area contributed by atoms with Crippen LogP contribution in [-0.4, -0.2) is 38.6 Å². The second-order valence-electron chi connectivity index (χ2n) is 25.5. The van der Waals surface area contributed by atoms with Crippen LogP contribution in [0.1, 0.15) is 176 Å². The molecule has 19 rings (SSSR count). The van der Waals surface area contributed by atoms with Gasteiger partial charge >= 0.3 is 0 Å². The molecule has 16 aliphatic carbocycles. The zero-order valence-corrected chi connectivity index (χ0v) is 34.5. The van der Waals surface area contributed by atoms with E-state index < -0.39 is 0 Å². The summed E-state index contributed by atoms with van der Waals surface area (Å²) in [5, 5.41) is 0. The Balaban J connectivity index is 1.08. The van der Waals surface area contributed by atoms with Crippen molar-refractivity contribution in [3.63, 3.8) is 0 Å². The summed E-state index contributed by atoms with van der Waals surface area (Å²) in [5.41, 5.74) is 8.93. The van der Waals surface area contributed by atoms with Crippen LogP contribution in [0.3, 0.4) is 0 Å². The Labute approximate surface area is 337 Å². The highest BCUT2D eigenvalue weighted by atomic mass is 16.6. The Hall–Kier alpha value is -1.26. The van der Waals surface area contributed by atoms with Crippen LogP contribution in [-0.2, 0) is 31.1 Å². The molecule has 2 heterocycles. The molecule has 18 aliphatic rings. The molecule has 0 spiro atoms. The average molecular weight is 759 g/mol. The third-order valence-electron chi connectivity index (χ3n) is 21.3. The maximum Gasteiger partial charge on any atom is 0.165 e. The smallest absolute Gasteiger partial charge is 0.165 e. The summed E-state index contributed by atoms with van der Waals surface area (Å²) in [6.07, 6.45) is 36.2. The highest BCUT2D eigenvalue weighted by Gasteiger charge is 2.64. The molecule has 1 aromatic carbocycles. The van der Waals surface area contributed by atoms with E-state index in [2.05, 4.69) is 0 Å².